The molecule has 8 heteroatoms. The monoisotopic (exact) mass is 561 g/mol. The van der Waals surface area contributed by atoms with Gasteiger partial charge in [-0.2, -0.15) is 0 Å². The number of hydrogen-bond acceptors (Lipinski definition) is 5. The molecule has 4 aromatic rings. The Labute approximate surface area is 237 Å². The summed E-state index contributed by atoms with van der Waals surface area (Å²) in [7, 11) is 0. The molecule has 39 heavy (non-hydrogen) atoms. The van der Waals surface area contributed by atoms with Crippen LogP contribution in [0.1, 0.15) is 56.8 Å². The number of ketones is 1. The number of carbonyl (C=O) groups excluding carboxylic acids is 1. The van der Waals surface area contributed by atoms with Gasteiger partial charge in [-0.3, -0.25) is 20.0 Å². The molecule has 0 saturated carbocycles. The SMILES string of the molecule is CC(CC(NCC(=O)c1ccccc1)N1CCc2nc3ccccc3c(C(=O)O)c2C1)c1ccc(Cl)c(Cl)c1. The topological polar surface area (TPSA) is 82.5 Å². The molecule has 6 nitrogen and oxygen atoms in total. The number of para-hydroxylation sites is 1. The Hall–Kier alpha value is -3.29. The second-order valence-electron chi connectivity index (χ2n) is 9.95. The number of aromatic nitrogens is 1. The maximum Gasteiger partial charge on any atom is 0.336 e. The van der Waals surface area contributed by atoms with E-state index in [-0.39, 0.29) is 24.4 Å². The molecule has 1 aromatic heterocycles. The maximum atomic E-state index is 13.0. The van der Waals surface area contributed by atoms with E-state index in [9.17, 15) is 14.7 Å². The van der Waals surface area contributed by atoms with Gasteiger partial charge >= 0.3 is 5.97 Å². The quantitative estimate of drug-likeness (QED) is 0.224. The van der Waals surface area contributed by atoms with Crippen LogP contribution in [-0.2, 0) is 13.0 Å². The molecule has 0 bridgehead atoms. The number of carbonyl (C=O) groups is 2. The zero-order chi connectivity index (χ0) is 27.5. The van der Waals surface area contributed by atoms with E-state index in [0.717, 1.165) is 16.8 Å². The summed E-state index contributed by atoms with van der Waals surface area (Å²) < 4.78 is 0. The third-order valence-electron chi connectivity index (χ3n) is 7.41. The first-order chi connectivity index (χ1) is 18.8. The first-order valence-corrected chi connectivity index (χ1v) is 13.7. The second kappa shape index (κ2) is 11.8. The Kier molecular flexibility index (Phi) is 8.29. The molecule has 5 rings (SSSR count). The molecule has 0 amide bonds. The van der Waals surface area contributed by atoms with Gasteiger partial charge in [-0.05, 0) is 36.1 Å². The van der Waals surface area contributed by atoms with Gasteiger partial charge in [0, 0.05) is 41.7 Å². The van der Waals surface area contributed by atoms with Crippen LogP contribution < -0.4 is 5.32 Å². The zero-order valence-electron chi connectivity index (χ0n) is 21.5. The number of fused-ring (bicyclic) bond motifs is 2. The normalized spacial score (nSPS) is 15.1. The standard InChI is InChI=1S/C31H29Cl2N3O3/c1-19(21-11-12-24(32)25(33)16-21)15-29(34-17-28(37)20-7-3-2-4-8-20)36-14-13-27-23(18-36)30(31(38)39)22-9-5-6-10-26(22)35-27/h2-12,16,19,29,34H,13-15,17-18H2,1H3,(H,38,39). The summed E-state index contributed by atoms with van der Waals surface area (Å²) in [6, 6.07) is 22.2. The lowest BCUT2D eigenvalue weighted by atomic mass is 9.92. The van der Waals surface area contributed by atoms with Crippen LogP contribution >= 0.6 is 23.2 Å². The molecule has 200 valence electrons. The van der Waals surface area contributed by atoms with E-state index in [2.05, 4.69) is 17.1 Å². The van der Waals surface area contributed by atoms with E-state index in [4.69, 9.17) is 28.2 Å². The molecule has 1 aliphatic heterocycles. The van der Waals surface area contributed by atoms with E-state index in [0.29, 0.717) is 58.0 Å². The number of carboxylic acids is 1. The minimum Gasteiger partial charge on any atom is -0.478 e. The number of pyridine rings is 1. The molecular formula is C31H29Cl2N3O3. The number of hydrogen-bond donors (Lipinski definition) is 2. The lowest BCUT2D eigenvalue weighted by molar-refractivity contribution is 0.0692. The summed E-state index contributed by atoms with van der Waals surface area (Å²) >= 11 is 12.4. The largest absolute Gasteiger partial charge is 0.478 e. The fourth-order valence-electron chi connectivity index (χ4n) is 5.31. The Balaban J connectivity index is 1.44. The predicted molar refractivity (Wildman–Crippen MR) is 155 cm³/mol. The van der Waals surface area contributed by atoms with Crippen LogP contribution in [0.5, 0.6) is 0 Å². The molecule has 0 spiro atoms. The van der Waals surface area contributed by atoms with Crippen molar-refractivity contribution in [3.8, 4) is 0 Å². The van der Waals surface area contributed by atoms with Crippen LogP contribution in [-0.4, -0.2) is 46.0 Å². The molecule has 1 aliphatic rings. The number of halogens is 2. The van der Waals surface area contributed by atoms with E-state index in [1.807, 2.05) is 66.7 Å². The van der Waals surface area contributed by atoms with Gasteiger partial charge in [0.25, 0.3) is 0 Å². The number of rotatable bonds is 9. The number of nitrogens with one attached hydrogen (secondary N) is 1. The summed E-state index contributed by atoms with van der Waals surface area (Å²) in [6.45, 7) is 3.37. The second-order valence-corrected chi connectivity index (χ2v) is 10.8. The van der Waals surface area contributed by atoms with Crippen molar-refractivity contribution < 1.29 is 14.7 Å². The van der Waals surface area contributed by atoms with Crippen LogP contribution in [0.15, 0.2) is 72.8 Å². The van der Waals surface area contributed by atoms with Crippen molar-refractivity contribution in [2.75, 3.05) is 13.1 Å². The Morgan fingerprint density at radius 3 is 2.51 bits per heavy atom. The molecular weight excluding hydrogens is 533 g/mol. The molecule has 0 saturated heterocycles. The molecule has 2 N–H and O–H groups in total. The maximum absolute atomic E-state index is 13.0. The third kappa shape index (κ3) is 5.99. The van der Waals surface area contributed by atoms with Gasteiger partial charge in [0.1, 0.15) is 0 Å². The predicted octanol–water partition coefficient (Wildman–Crippen LogP) is 6.59. The Morgan fingerprint density at radius 1 is 1.03 bits per heavy atom. The zero-order valence-corrected chi connectivity index (χ0v) is 23.0. The first-order valence-electron chi connectivity index (χ1n) is 13.0. The lowest BCUT2D eigenvalue weighted by Gasteiger charge is -2.37. The third-order valence-corrected chi connectivity index (χ3v) is 8.15. The van der Waals surface area contributed by atoms with Crippen molar-refractivity contribution in [1.29, 1.82) is 0 Å². The minimum absolute atomic E-state index is 0.000847. The fourth-order valence-corrected chi connectivity index (χ4v) is 5.62. The highest BCUT2D eigenvalue weighted by Crippen LogP contribution is 2.32. The van der Waals surface area contributed by atoms with E-state index in [1.165, 1.54) is 0 Å². The summed E-state index contributed by atoms with van der Waals surface area (Å²) in [5.41, 5.74) is 4.24. The van der Waals surface area contributed by atoms with Crippen LogP contribution in [0.25, 0.3) is 10.9 Å². The molecule has 2 heterocycles. The van der Waals surface area contributed by atoms with Crippen molar-refractivity contribution in [2.45, 2.75) is 38.4 Å². The smallest absolute Gasteiger partial charge is 0.336 e. The number of aromatic carboxylic acids is 1. The van der Waals surface area contributed by atoms with Crippen LogP contribution in [0.4, 0.5) is 0 Å². The van der Waals surface area contributed by atoms with Crippen molar-refractivity contribution >= 4 is 45.9 Å². The van der Waals surface area contributed by atoms with Gasteiger partial charge in [0.15, 0.2) is 5.78 Å². The molecule has 3 aromatic carbocycles. The molecule has 0 fully saturated rings. The lowest BCUT2D eigenvalue weighted by Crippen LogP contribution is -2.50. The average molecular weight is 562 g/mol. The van der Waals surface area contributed by atoms with Crippen molar-refractivity contribution in [3.63, 3.8) is 0 Å². The van der Waals surface area contributed by atoms with Gasteiger partial charge in [-0.1, -0.05) is 84.7 Å². The van der Waals surface area contributed by atoms with Crippen LogP contribution in [0.3, 0.4) is 0 Å². The number of Topliss-reactive ketones (excluding diaryl/α,β-unsaturated/α-hetero) is 1. The van der Waals surface area contributed by atoms with Crippen molar-refractivity contribution in [1.82, 2.24) is 15.2 Å². The first kappa shape index (κ1) is 27.3. The Morgan fingerprint density at radius 2 is 1.77 bits per heavy atom. The van der Waals surface area contributed by atoms with Gasteiger partial charge < -0.3 is 5.11 Å². The molecule has 0 radical (unpaired) electrons. The number of benzene rings is 3. The number of nitrogens with zero attached hydrogens (tertiary/aromatic N) is 2. The summed E-state index contributed by atoms with van der Waals surface area (Å²) in [5.74, 6) is -0.863. The highest BCUT2D eigenvalue weighted by atomic mass is 35.5. The van der Waals surface area contributed by atoms with Crippen LogP contribution in [0.2, 0.25) is 10.0 Å². The number of carboxylic acid groups (broad SMARTS) is 1. The van der Waals surface area contributed by atoms with Crippen molar-refractivity contribution in [3.05, 3.63) is 111 Å². The van der Waals surface area contributed by atoms with Crippen LogP contribution in [0, 0.1) is 0 Å². The molecule has 0 aliphatic carbocycles. The molecule has 2 unspecified atom stereocenters. The average Bonchev–Trinajstić information content (AvgIpc) is 2.95. The van der Waals surface area contributed by atoms with E-state index < -0.39 is 5.97 Å². The summed E-state index contributed by atoms with van der Waals surface area (Å²) in [5, 5.41) is 15.3. The highest BCUT2D eigenvalue weighted by molar-refractivity contribution is 6.42. The fraction of sp³-hybridized carbons (Fsp3) is 0.258. The van der Waals surface area contributed by atoms with Gasteiger partial charge in [0.05, 0.1) is 33.8 Å². The van der Waals surface area contributed by atoms with Crippen molar-refractivity contribution in [2.24, 2.45) is 0 Å². The van der Waals surface area contributed by atoms with E-state index >= 15 is 0 Å². The van der Waals surface area contributed by atoms with E-state index in [1.54, 1.807) is 6.07 Å². The van der Waals surface area contributed by atoms with Gasteiger partial charge in [-0.25, -0.2) is 4.79 Å². The molecule has 2 atom stereocenters. The van der Waals surface area contributed by atoms with Gasteiger partial charge in [0.2, 0.25) is 0 Å². The highest BCUT2D eigenvalue weighted by Gasteiger charge is 2.30. The summed E-state index contributed by atoms with van der Waals surface area (Å²) in [6.07, 6.45) is 1.11. The minimum atomic E-state index is -0.959. The Bertz CT molecular complexity index is 1530. The summed E-state index contributed by atoms with van der Waals surface area (Å²) in [4.78, 5) is 32.4. The van der Waals surface area contributed by atoms with Gasteiger partial charge in [-0.15, -0.1) is 0 Å².